The first kappa shape index (κ1) is 19.8. The summed E-state index contributed by atoms with van der Waals surface area (Å²) in [4.78, 5) is 12.3. The van der Waals surface area contributed by atoms with Gasteiger partial charge < -0.3 is 4.90 Å². The molecule has 140 valence electrons. The molecule has 0 atom stereocenters. The molecule has 2 rings (SSSR count). The largest absolute Gasteiger partial charge is 0.343 e. The van der Waals surface area contributed by atoms with E-state index in [2.05, 4.69) is 4.72 Å². The Labute approximate surface area is 148 Å². The molecule has 1 aliphatic rings. The first-order chi connectivity index (χ1) is 11.7. The maximum Gasteiger partial charge on any atom is 0.243 e. The van der Waals surface area contributed by atoms with Crippen molar-refractivity contribution in [3.63, 3.8) is 0 Å². The first-order valence-corrected chi connectivity index (χ1v) is 10.9. The molecular weight excluding hydrogens is 366 g/mol. The molecule has 0 saturated carbocycles. The van der Waals surface area contributed by atoms with E-state index in [4.69, 9.17) is 0 Å². The fraction of sp³-hybridized carbons (Fsp3) is 0.533. The number of benzene rings is 1. The Hall–Kier alpha value is -1.49. The molecule has 1 aromatic carbocycles. The van der Waals surface area contributed by atoms with E-state index in [1.165, 1.54) is 33.5 Å². The van der Waals surface area contributed by atoms with Crippen molar-refractivity contribution in [3.05, 3.63) is 24.3 Å². The number of amides is 1. The lowest BCUT2D eigenvalue weighted by Gasteiger charge is -2.31. The highest BCUT2D eigenvalue weighted by molar-refractivity contribution is 7.89. The van der Waals surface area contributed by atoms with Crippen molar-refractivity contribution < 1.29 is 21.6 Å². The van der Waals surface area contributed by atoms with Gasteiger partial charge in [-0.3, -0.25) is 4.79 Å². The molecule has 0 bridgehead atoms. The summed E-state index contributed by atoms with van der Waals surface area (Å²) in [6.45, 7) is 5.21. The Morgan fingerprint density at radius 1 is 1.00 bits per heavy atom. The number of rotatable bonds is 7. The van der Waals surface area contributed by atoms with Crippen LogP contribution in [0.2, 0.25) is 0 Å². The van der Waals surface area contributed by atoms with Gasteiger partial charge in [0.15, 0.2) is 0 Å². The predicted molar refractivity (Wildman–Crippen MR) is 92.9 cm³/mol. The van der Waals surface area contributed by atoms with E-state index in [1.54, 1.807) is 0 Å². The van der Waals surface area contributed by atoms with Gasteiger partial charge in [0.05, 0.1) is 9.79 Å². The van der Waals surface area contributed by atoms with E-state index in [0.717, 1.165) is 0 Å². The number of sulfonamides is 2. The summed E-state index contributed by atoms with van der Waals surface area (Å²) in [5.41, 5.74) is 0. The molecule has 0 aromatic heterocycles. The van der Waals surface area contributed by atoms with Crippen LogP contribution in [0.15, 0.2) is 34.1 Å². The van der Waals surface area contributed by atoms with Crippen LogP contribution in [0.25, 0.3) is 0 Å². The number of carbonyl (C=O) groups excluding carboxylic acids is 1. The van der Waals surface area contributed by atoms with Gasteiger partial charge in [-0.05, 0) is 30.2 Å². The fourth-order valence-corrected chi connectivity index (χ4v) is 4.98. The molecule has 0 unspecified atom stereocenters. The highest BCUT2D eigenvalue weighted by Gasteiger charge is 2.28. The molecule has 1 heterocycles. The number of hydrogen-bond donors (Lipinski definition) is 1. The van der Waals surface area contributed by atoms with E-state index in [-0.39, 0.29) is 28.8 Å². The summed E-state index contributed by atoms with van der Waals surface area (Å²) in [6.07, 6.45) is 0.702. The molecule has 1 fully saturated rings. The van der Waals surface area contributed by atoms with Crippen molar-refractivity contribution in [1.82, 2.24) is 13.9 Å². The highest BCUT2D eigenvalue weighted by atomic mass is 32.2. The van der Waals surface area contributed by atoms with Gasteiger partial charge in [0.2, 0.25) is 26.5 Å². The van der Waals surface area contributed by atoms with E-state index in [0.29, 0.717) is 26.0 Å². The van der Waals surface area contributed by atoms with Gasteiger partial charge in [0.25, 0.3) is 0 Å². The van der Waals surface area contributed by atoms with Crippen LogP contribution in [-0.2, 0) is 24.8 Å². The first-order valence-electron chi connectivity index (χ1n) is 7.96. The van der Waals surface area contributed by atoms with E-state index in [1.807, 2.05) is 13.8 Å². The van der Waals surface area contributed by atoms with Crippen molar-refractivity contribution >= 4 is 26.5 Å². The average molecular weight is 389 g/mol. The number of carbonyl (C=O) groups is 1. The molecule has 8 nitrogen and oxygen atoms in total. The monoisotopic (exact) mass is 389 g/mol. The summed E-state index contributed by atoms with van der Waals surface area (Å²) in [5, 5.41) is 0. The van der Waals surface area contributed by atoms with Crippen molar-refractivity contribution in [2.24, 2.45) is 5.92 Å². The van der Waals surface area contributed by atoms with Gasteiger partial charge in [-0.2, -0.15) is 4.31 Å². The summed E-state index contributed by atoms with van der Waals surface area (Å²) in [6, 6.07) is 5.17. The zero-order chi connectivity index (χ0) is 18.7. The Bertz CT molecular complexity index is 796. The molecule has 0 radical (unpaired) electrons. The topological polar surface area (TPSA) is 104 Å². The second kappa shape index (κ2) is 7.81. The summed E-state index contributed by atoms with van der Waals surface area (Å²) >= 11 is 0. The van der Waals surface area contributed by atoms with Gasteiger partial charge in [0, 0.05) is 32.7 Å². The molecule has 1 saturated heterocycles. The Morgan fingerprint density at radius 3 is 2.00 bits per heavy atom. The van der Waals surface area contributed by atoms with Crippen LogP contribution in [0.3, 0.4) is 0 Å². The number of hydrogen-bond acceptors (Lipinski definition) is 5. The molecule has 25 heavy (non-hydrogen) atoms. The minimum absolute atomic E-state index is 0.0258. The lowest BCUT2D eigenvalue weighted by molar-refractivity contribution is -0.119. The summed E-state index contributed by atoms with van der Waals surface area (Å²) in [5.74, 6) is 0.166. The van der Waals surface area contributed by atoms with Crippen molar-refractivity contribution in [3.8, 4) is 0 Å². The fourth-order valence-electron chi connectivity index (χ4n) is 2.35. The smallest absolute Gasteiger partial charge is 0.243 e. The number of piperazine rings is 1. The standard InChI is InChI=1S/C15H23N3O5S2/c1-13(2)11-16-24(20,21)14-3-5-15(6-4-14)25(22,23)18-9-7-17(12-19)8-10-18/h3-6,12-13,16H,7-11H2,1-2H3. The molecule has 1 N–H and O–H groups in total. The molecule has 1 aromatic rings. The molecule has 0 aliphatic carbocycles. The van der Waals surface area contributed by atoms with Crippen LogP contribution in [0.5, 0.6) is 0 Å². The van der Waals surface area contributed by atoms with Gasteiger partial charge >= 0.3 is 0 Å². The van der Waals surface area contributed by atoms with Gasteiger partial charge in [-0.25, -0.2) is 21.6 Å². The normalized spacial score (nSPS) is 17.0. The Balaban J connectivity index is 2.15. The lowest BCUT2D eigenvalue weighted by atomic mass is 10.2. The SMILES string of the molecule is CC(C)CNS(=O)(=O)c1ccc(S(=O)(=O)N2CCN(C=O)CC2)cc1. The third-order valence-electron chi connectivity index (χ3n) is 3.88. The average Bonchev–Trinajstić information content (AvgIpc) is 2.60. The van der Waals surface area contributed by atoms with E-state index in [9.17, 15) is 21.6 Å². The van der Waals surface area contributed by atoms with E-state index >= 15 is 0 Å². The Kier molecular flexibility index (Phi) is 6.20. The zero-order valence-electron chi connectivity index (χ0n) is 14.3. The second-order valence-electron chi connectivity index (χ2n) is 6.26. The molecule has 1 aliphatic heterocycles. The highest BCUT2D eigenvalue weighted by Crippen LogP contribution is 2.19. The molecule has 0 spiro atoms. The summed E-state index contributed by atoms with van der Waals surface area (Å²) < 4.78 is 53.3. The van der Waals surface area contributed by atoms with Crippen LogP contribution < -0.4 is 4.72 Å². The minimum Gasteiger partial charge on any atom is -0.343 e. The maximum absolute atomic E-state index is 12.6. The van der Waals surface area contributed by atoms with Crippen LogP contribution in [-0.4, -0.2) is 65.2 Å². The van der Waals surface area contributed by atoms with Crippen LogP contribution in [0, 0.1) is 5.92 Å². The third kappa shape index (κ3) is 4.78. The number of nitrogens with zero attached hydrogens (tertiary/aromatic N) is 2. The van der Waals surface area contributed by atoms with Crippen molar-refractivity contribution in [1.29, 1.82) is 0 Å². The van der Waals surface area contributed by atoms with Gasteiger partial charge in [0.1, 0.15) is 0 Å². The van der Waals surface area contributed by atoms with Gasteiger partial charge in [-0.15, -0.1) is 0 Å². The molecular formula is C15H23N3O5S2. The minimum atomic E-state index is -3.71. The summed E-state index contributed by atoms with van der Waals surface area (Å²) in [7, 11) is -7.36. The lowest BCUT2D eigenvalue weighted by Crippen LogP contribution is -2.47. The van der Waals surface area contributed by atoms with Gasteiger partial charge in [-0.1, -0.05) is 13.8 Å². The third-order valence-corrected chi connectivity index (χ3v) is 7.23. The number of nitrogens with one attached hydrogen (secondary N) is 1. The predicted octanol–water partition coefficient (Wildman–Crippen LogP) is 0.0836. The van der Waals surface area contributed by atoms with Crippen LogP contribution >= 0.6 is 0 Å². The van der Waals surface area contributed by atoms with Crippen molar-refractivity contribution in [2.75, 3.05) is 32.7 Å². The second-order valence-corrected chi connectivity index (χ2v) is 9.97. The molecule has 10 heteroatoms. The van der Waals surface area contributed by atoms with Crippen LogP contribution in [0.1, 0.15) is 13.8 Å². The molecule has 1 amide bonds. The Morgan fingerprint density at radius 2 is 1.52 bits per heavy atom. The van der Waals surface area contributed by atoms with Crippen LogP contribution in [0.4, 0.5) is 0 Å². The van der Waals surface area contributed by atoms with E-state index < -0.39 is 20.0 Å². The maximum atomic E-state index is 12.6. The van der Waals surface area contributed by atoms with Crippen molar-refractivity contribution in [2.45, 2.75) is 23.6 Å². The zero-order valence-corrected chi connectivity index (χ0v) is 15.9. The quantitative estimate of drug-likeness (QED) is 0.665.